The average Bonchev–Trinajstić information content (AvgIpc) is 2.46. The molecule has 2 rings (SSSR count). The first kappa shape index (κ1) is 14.6. The van der Waals surface area contributed by atoms with Crippen molar-refractivity contribution in [2.45, 2.75) is 39.7 Å². The minimum atomic E-state index is 0.291. The lowest BCUT2D eigenvalue weighted by atomic mass is 10.1. The normalized spacial score (nSPS) is 12.3. The Morgan fingerprint density at radius 1 is 1.25 bits per heavy atom. The summed E-state index contributed by atoms with van der Waals surface area (Å²) < 4.78 is 0. The Morgan fingerprint density at radius 2 is 2.10 bits per heavy atom. The molecule has 2 aromatic heterocycles. The van der Waals surface area contributed by atoms with Gasteiger partial charge in [-0.2, -0.15) is 0 Å². The molecule has 0 bridgehead atoms. The zero-order valence-electron chi connectivity index (χ0n) is 12.4. The summed E-state index contributed by atoms with van der Waals surface area (Å²) in [5.41, 5.74) is 3.21. The van der Waals surface area contributed by atoms with Crippen LogP contribution < -0.4 is 5.32 Å². The molecule has 1 atom stereocenters. The van der Waals surface area contributed by atoms with E-state index in [9.17, 15) is 0 Å². The molecular weight excluding hydrogens is 248 g/mol. The van der Waals surface area contributed by atoms with E-state index >= 15 is 0 Å². The first-order valence-corrected chi connectivity index (χ1v) is 7.16. The van der Waals surface area contributed by atoms with Gasteiger partial charge in [-0.15, -0.1) is 0 Å². The van der Waals surface area contributed by atoms with Gasteiger partial charge in [0.05, 0.1) is 6.42 Å². The summed E-state index contributed by atoms with van der Waals surface area (Å²) in [6.07, 6.45) is 5.54. The van der Waals surface area contributed by atoms with Gasteiger partial charge >= 0.3 is 0 Å². The SMILES string of the molecule is CCCNC(C)c1cnc(Cc2ccccn2)nc1C. The molecule has 2 heterocycles. The second-order valence-corrected chi connectivity index (χ2v) is 5.00. The fourth-order valence-corrected chi connectivity index (χ4v) is 2.17. The van der Waals surface area contributed by atoms with E-state index in [1.807, 2.05) is 31.3 Å². The fourth-order valence-electron chi connectivity index (χ4n) is 2.17. The van der Waals surface area contributed by atoms with Crippen molar-refractivity contribution >= 4 is 0 Å². The maximum absolute atomic E-state index is 4.61. The highest BCUT2D eigenvalue weighted by Crippen LogP contribution is 2.15. The molecule has 4 heteroatoms. The summed E-state index contributed by atoms with van der Waals surface area (Å²) in [6.45, 7) is 7.37. The molecule has 0 spiro atoms. The van der Waals surface area contributed by atoms with Crippen LogP contribution in [-0.2, 0) is 6.42 Å². The van der Waals surface area contributed by atoms with Gasteiger partial charge in [0.2, 0.25) is 0 Å². The standard InChI is InChI=1S/C16H22N4/c1-4-8-17-12(2)15-11-19-16(20-13(15)3)10-14-7-5-6-9-18-14/h5-7,9,11-12,17H,4,8,10H2,1-3H3. The third-order valence-electron chi connectivity index (χ3n) is 3.30. The van der Waals surface area contributed by atoms with Crippen LogP contribution in [0.3, 0.4) is 0 Å². The number of rotatable bonds is 6. The van der Waals surface area contributed by atoms with Crippen molar-refractivity contribution in [3.8, 4) is 0 Å². The number of aromatic nitrogens is 3. The van der Waals surface area contributed by atoms with Gasteiger partial charge < -0.3 is 5.32 Å². The summed E-state index contributed by atoms with van der Waals surface area (Å²) in [5.74, 6) is 0.827. The lowest BCUT2D eigenvalue weighted by Gasteiger charge is -2.15. The van der Waals surface area contributed by atoms with Crippen LogP contribution in [0.5, 0.6) is 0 Å². The lowest BCUT2D eigenvalue weighted by Crippen LogP contribution is -2.21. The quantitative estimate of drug-likeness (QED) is 0.877. The number of pyridine rings is 1. The molecule has 1 unspecified atom stereocenters. The van der Waals surface area contributed by atoms with Gasteiger partial charge in [-0.1, -0.05) is 13.0 Å². The van der Waals surface area contributed by atoms with Crippen molar-refractivity contribution in [3.63, 3.8) is 0 Å². The van der Waals surface area contributed by atoms with E-state index in [0.717, 1.165) is 30.2 Å². The number of aryl methyl sites for hydroxylation is 1. The number of nitrogens with one attached hydrogen (secondary N) is 1. The van der Waals surface area contributed by atoms with Gasteiger partial charge in [0.1, 0.15) is 5.82 Å². The van der Waals surface area contributed by atoms with Crippen molar-refractivity contribution in [1.82, 2.24) is 20.3 Å². The lowest BCUT2D eigenvalue weighted by molar-refractivity contribution is 0.563. The maximum atomic E-state index is 4.61. The second kappa shape index (κ2) is 7.10. The smallest absolute Gasteiger partial charge is 0.134 e. The zero-order chi connectivity index (χ0) is 14.4. The molecule has 0 aliphatic heterocycles. The molecule has 0 saturated carbocycles. The van der Waals surface area contributed by atoms with Gasteiger partial charge in [-0.05, 0) is 38.9 Å². The maximum Gasteiger partial charge on any atom is 0.134 e. The average molecular weight is 270 g/mol. The van der Waals surface area contributed by atoms with Gasteiger partial charge in [0.25, 0.3) is 0 Å². The van der Waals surface area contributed by atoms with Gasteiger partial charge in [0, 0.05) is 35.4 Å². The molecule has 0 amide bonds. The first-order chi connectivity index (χ1) is 9.70. The van der Waals surface area contributed by atoms with Gasteiger partial charge in [0.15, 0.2) is 0 Å². The second-order valence-electron chi connectivity index (χ2n) is 5.00. The van der Waals surface area contributed by atoms with Crippen LogP contribution in [0.2, 0.25) is 0 Å². The highest BCUT2D eigenvalue weighted by atomic mass is 14.9. The minimum absolute atomic E-state index is 0.291. The first-order valence-electron chi connectivity index (χ1n) is 7.16. The van der Waals surface area contributed by atoms with Crippen LogP contribution in [0.25, 0.3) is 0 Å². The number of nitrogens with zero attached hydrogens (tertiary/aromatic N) is 3. The Bertz CT molecular complexity index is 539. The highest BCUT2D eigenvalue weighted by Gasteiger charge is 2.10. The molecule has 1 N–H and O–H groups in total. The zero-order valence-corrected chi connectivity index (χ0v) is 12.4. The van der Waals surface area contributed by atoms with Crippen molar-refractivity contribution in [3.05, 3.63) is 53.4 Å². The minimum Gasteiger partial charge on any atom is -0.310 e. The van der Waals surface area contributed by atoms with E-state index in [4.69, 9.17) is 0 Å². The summed E-state index contributed by atoms with van der Waals surface area (Å²) in [6, 6.07) is 6.19. The molecule has 0 radical (unpaired) electrons. The summed E-state index contributed by atoms with van der Waals surface area (Å²) in [5, 5.41) is 3.47. The molecule has 0 aliphatic rings. The topological polar surface area (TPSA) is 50.7 Å². The number of hydrogen-bond acceptors (Lipinski definition) is 4. The van der Waals surface area contributed by atoms with Crippen molar-refractivity contribution in [2.75, 3.05) is 6.54 Å². The van der Waals surface area contributed by atoms with Crippen molar-refractivity contribution < 1.29 is 0 Å². The molecule has 0 saturated heterocycles. The van der Waals surface area contributed by atoms with Crippen molar-refractivity contribution in [1.29, 1.82) is 0 Å². The molecule has 20 heavy (non-hydrogen) atoms. The fraction of sp³-hybridized carbons (Fsp3) is 0.438. The molecule has 106 valence electrons. The van der Waals surface area contributed by atoms with E-state index in [-0.39, 0.29) is 0 Å². The Kier molecular flexibility index (Phi) is 5.18. The van der Waals surface area contributed by atoms with E-state index in [2.05, 4.69) is 34.1 Å². The summed E-state index contributed by atoms with van der Waals surface area (Å²) in [7, 11) is 0. The van der Waals surface area contributed by atoms with Gasteiger partial charge in [-0.25, -0.2) is 9.97 Å². The predicted octanol–water partition coefficient (Wildman–Crippen LogP) is 2.83. The van der Waals surface area contributed by atoms with Crippen LogP contribution in [0.4, 0.5) is 0 Å². The largest absolute Gasteiger partial charge is 0.310 e. The Labute approximate surface area is 120 Å². The van der Waals surface area contributed by atoms with E-state index in [1.54, 1.807) is 6.20 Å². The number of hydrogen-bond donors (Lipinski definition) is 1. The monoisotopic (exact) mass is 270 g/mol. The van der Waals surface area contributed by atoms with Crippen LogP contribution in [0, 0.1) is 6.92 Å². The van der Waals surface area contributed by atoms with E-state index in [0.29, 0.717) is 12.5 Å². The van der Waals surface area contributed by atoms with Crippen LogP contribution in [-0.4, -0.2) is 21.5 Å². The molecule has 0 aromatic carbocycles. The highest BCUT2D eigenvalue weighted by molar-refractivity contribution is 5.21. The third kappa shape index (κ3) is 3.84. The molecule has 4 nitrogen and oxygen atoms in total. The van der Waals surface area contributed by atoms with Crippen LogP contribution in [0.15, 0.2) is 30.6 Å². The van der Waals surface area contributed by atoms with E-state index in [1.165, 1.54) is 5.56 Å². The van der Waals surface area contributed by atoms with E-state index < -0.39 is 0 Å². The Balaban J connectivity index is 2.09. The predicted molar refractivity (Wildman–Crippen MR) is 80.5 cm³/mol. The summed E-state index contributed by atoms with van der Waals surface area (Å²) in [4.78, 5) is 13.4. The Morgan fingerprint density at radius 3 is 2.75 bits per heavy atom. The molecule has 0 aliphatic carbocycles. The third-order valence-corrected chi connectivity index (χ3v) is 3.30. The Hall–Kier alpha value is -1.81. The van der Waals surface area contributed by atoms with Crippen LogP contribution >= 0.6 is 0 Å². The summed E-state index contributed by atoms with van der Waals surface area (Å²) >= 11 is 0. The molecule has 0 fully saturated rings. The van der Waals surface area contributed by atoms with Gasteiger partial charge in [-0.3, -0.25) is 4.98 Å². The van der Waals surface area contributed by atoms with Crippen molar-refractivity contribution in [2.24, 2.45) is 0 Å². The van der Waals surface area contributed by atoms with Crippen LogP contribution in [0.1, 0.15) is 49.1 Å². The molecular formula is C16H22N4. The molecule has 2 aromatic rings.